The molecule has 1 aromatic carbocycles. The summed E-state index contributed by atoms with van der Waals surface area (Å²) in [6.07, 6.45) is 2.39. The Morgan fingerprint density at radius 2 is 2.11 bits per heavy atom. The number of ether oxygens (including phenoxy) is 1. The number of carbonyl (C=O) groups is 1. The summed E-state index contributed by atoms with van der Waals surface area (Å²) >= 11 is 0. The Balaban J connectivity index is 2.03. The molecule has 1 aliphatic heterocycles. The summed E-state index contributed by atoms with van der Waals surface area (Å²) in [7, 11) is 1.75. The maximum Gasteiger partial charge on any atom is 0.159 e. The number of phenolic OH excluding ortho intramolecular Hbond substituents is 1. The molecule has 4 heteroatoms. The van der Waals surface area contributed by atoms with Crippen molar-refractivity contribution in [3.8, 4) is 5.75 Å². The molecule has 0 bridgehead atoms. The number of Topliss-reactive ketones (excluding diaryl/α,β-unsaturated/α-hetero) is 1. The smallest absolute Gasteiger partial charge is 0.159 e. The van der Waals surface area contributed by atoms with Crippen LogP contribution in [0.5, 0.6) is 5.75 Å². The summed E-state index contributed by atoms with van der Waals surface area (Å²) in [6.45, 7) is 4.15. The first-order chi connectivity index (χ1) is 9.10. The lowest BCUT2D eigenvalue weighted by molar-refractivity contribution is 0.0387. The van der Waals surface area contributed by atoms with Gasteiger partial charge in [-0.3, -0.25) is 9.69 Å². The Kier molecular flexibility index (Phi) is 4.56. The van der Waals surface area contributed by atoms with Crippen LogP contribution >= 0.6 is 0 Å². The second kappa shape index (κ2) is 6.17. The van der Waals surface area contributed by atoms with Crippen LogP contribution < -0.4 is 0 Å². The third-order valence-electron chi connectivity index (χ3n) is 3.75. The van der Waals surface area contributed by atoms with Crippen LogP contribution in [-0.4, -0.2) is 42.1 Å². The van der Waals surface area contributed by atoms with Gasteiger partial charge in [-0.15, -0.1) is 0 Å². The number of benzene rings is 1. The van der Waals surface area contributed by atoms with Crippen molar-refractivity contribution in [3.05, 3.63) is 29.3 Å². The second-order valence-corrected chi connectivity index (χ2v) is 5.11. The van der Waals surface area contributed by atoms with Gasteiger partial charge in [0.05, 0.1) is 6.10 Å². The predicted molar refractivity (Wildman–Crippen MR) is 73.4 cm³/mol. The molecule has 1 fully saturated rings. The molecule has 1 saturated heterocycles. The highest BCUT2D eigenvalue weighted by molar-refractivity contribution is 5.94. The molecular weight excluding hydrogens is 242 g/mol. The standard InChI is InChI=1S/C15H21NO3/c1-11(17)12-3-4-15(18)13(9-12)10-16-7-5-14(19-2)6-8-16/h3-4,9,14,18H,5-8,10H2,1-2H3. The van der Waals surface area contributed by atoms with Crippen molar-refractivity contribution in [2.45, 2.75) is 32.4 Å². The molecule has 0 saturated carbocycles. The number of likely N-dealkylation sites (tertiary alicyclic amines) is 1. The lowest BCUT2D eigenvalue weighted by atomic mass is 10.0. The van der Waals surface area contributed by atoms with Crippen molar-refractivity contribution < 1.29 is 14.6 Å². The SMILES string of the molecule is COC1CCN(Cc2cc(C(C)=O)ccc2O)CC1. The van der Waals surface area contributed by atoms with Crippen LogP contribution in [0.4, 0.5) is 0 Å². The van der Waals surface area contributed by atoms with Crippen LogP contribution in [0.25, 0.3) is 0 Å². The molecule has 104 valence electrons. The lowest BCUT2D eigenvalue weighted by Crippen LogP contribution is -2.36. The molecule has 1 N–H and O–H groups in total. The molecule has 0 aliphatic carbocycles. The first kappa shape index (κ1) is 14.0. The lowest BCUT2D eigenvalue weighted by Gasteiger charge is -2.31. The molecule has 0 atom stereocenters. The number of ketones is 1. The van der Waals surface area contributed by atoms with Crippen LogP contribution in [0, 0.1) is 0 Å². The van der Waals surface area contributed by atoms with E-state index in [1.807, 2.05) is 0 Å². The molecule has 0 aromatic heterocycles. The molecule has 1 aromatic rings. The van der Waals surface area contributed by atoms with E-state index in [2.05, 4.69) is 4.90 Å². The highest BCUT2D eigenvalue weighted by Gasteiger charge is 2.19. The molecule has 1 aliphatic rings. The number of rotatable bonds is 4. The topological polar surface area (TPSA) is 49.8 Å². The highest BCUT2D eigenvalue weighted by atomic mass is 16.5. The number of aromatic hydroxyl groups is 1. The minimum absolute atomic E-state index is 0.0272. The fraction of sp³-hybridized carbons (Fsp3) is 0.533. The van der Waals surface area contributed by atoms with E-state index in [4.69, 9.17) is 4.74 Å². The van der Waals surface area contributed by atoms with Gasteiger partial charge in [-0.05, 0) is 38.0 Å². The van der Waals surface area contributed by atoms with Crippen molar-refractivity contribution in [2.24, 2.45) is 0 Å². The van der Waals surface area contributed by atoms with E-state index in [-0.39, 0.29) is 11.5 Å². The first-order valence-corrected chi connectivity index (χ1v) is 6.68. The summed E-state index contributed by atoms with van der Waals surface area (Å²) in [4.78, 5) is 13.7. The summed E-state index contributed by atoms with van der Waals surface area (Å²) in [5, 5.41) is 9.88. The summed E-state index contributed by atoms with van der Waals surface area (Å²) in [5.74, 6) is 0.290. The first-order valence-electron chi connectivity index (χ1n) is 6.68. The largest absolute Gasteiger partial charge is 0.508 e. The minimum atomic E-state index is 0.0272. The van der Waals surface area contributed by atoms with Gasteiger partial charge in [0, 0.05) is 37.9 Å². The number of phenols is 1. The Bertz CT molecular complexity index is 451. The molecule has 0 unspecified atom stereocenters. The van der Waals surface area contributed by atoms with Crippen molar-refractivity contribution >= 4 is 5.78 Å². The van der Waals surface area contributed by atoms with Crippen LogP contribution in [0.3, 0.4) is 0 Å². The zero-order chi connectivity index (χ0) is 13.8. The molecule has 1 heterocycles. The quantitative estimate of drug-likeness (QED) is 0.846. The second-order valence-electron chi connectivity index (χ2n) is 5.11. The van der Waals surface area contributed by atoms with Crippen LogP contribution in [0.2, 0.25) is 0 Å². The van der Waals surface area contributed by atoms with Crippen molar-refractivity contribution in [2.75, 3.05) is 20.2 Å². The van der Waals surface area contributed by atoms with Gasteiger partial charge in [0.2, 0.25) is 0 Å². The Hall–Kier alpha value is -1.39. The predicted octanol–water partition coefficient (Wildman–Crippen LogP) is 2.21. The van der Waals surface area contributed by atoms with Gasteiger partial charge in [-0.1, -0.05) is 0 Å². The molecule has 0 radical (unpaired) electrons. The maximum absolute atomic E-state index is 11.4. The molecule has 2 rings (SSSR count). The van der Waals surface area contributed by atoms with E-state index in [1.165, 1.54) is 0 Å². The monoisotopic (exact) mass is 263 g/mol. The van der Waals surface area contributed by atoms with Gasteiger partial charge in [-0.2, -0.15) is 0 Å². The minimum Gasteiger partial charge on any atom is -0.508 e. The van der Waals surface area contributed by atoms with Crippen LogP contribution in [0.15, 0.2) is 18.2 Å². The summed E-state index contributed by atoms with van der Waals surface area (Å²) in [5.41, 5.74) is 1.48. The van der Waals surface area contributed by atoms with Crippen LogP contribution in [0.1, 0.15) is 35.7 Å². The number of piperidine rings is 1. The third kappa shape index (κ3) is 3.55. The average molecular weight is 263 g/mol. The van der Waals surface area contributed by atoms with Crippen LogP contribution in [-0.2, 0) is 11.3 Å². The van der Waals surface area contributed by atoms with E-state index in [0.717, 1.165) is 31.5 Å². The fourth-order valence-electron chi connectivity index (χ4n) is 2.48. The van der Waals surface area contributed by atoms with Crippen molar-refractivity contribution in [1.82, 2.24) is 4.90 Å². The average Bonchev–Trinajstić information content (AvgIpc) is 2.42. The van der Waals surface area contributed by atoms with E-state index >= 15 is 0 Å². The zero-order valence-electron chi connectivity index (χ0n) is 11.6. The Morgan fingerprint density at radius 3 is 2.68 bits per heavy atom. The number of methoxy groups -OCH3 is 1. The molecular formula is C15H21NO3. The molecule has 0 spiro atoms. The van der Waals surface area contributed by atoms with E-state index < -0.39 is 0 Å². The van der Waals surface area contributed by atoms with Gasteiger partial charge in [-0.25, -0.2) is 0 Å². The molecule has 19 heavy (non-hydrogen) atoms. The Labute approximate surface area is 114 Å². The normalized spacial score (nSPS) is 17.6. The fourth-order valence-corrected chi connectivity index (χ4v) is 2.48. The van der Waals surface area contributed by atoms with Gasteiger partial charge in [0.15, 0.2) is 5.78 Å². The van der Waals surface area contributed by atoms with Gasteiger partial charge in [0.25, 0.3) is 0 Å². The van der Waals surface area contributed by atoms with Gasteiger partial charge < -0.3 is 9.84 Å². The number of hydrogen-bond donors (Lipinski definition) is 1. The van der Waals surface area contributed by atoms with Gasteiger partial charge in [0.1, 0.15) is 5.75 Å². The van der Waals surface area contributed by atoms with E-state index in [1.54, 1.807) is 32.2 Å². The number of nitrogens with zero attached hydrogens (tertiary/aromatic N) is 1. The van der Waals surface area contributed by atoms with Crippen molar-refractivity contribution in [3.63, 3.8) is 0 Å². The van der Waals surface area contributed by atoms with E-state index in [9.17, 15) is 9.90 Å². The number of hydrogen-bond acceptors (Lipinski definition) is 4. The summed E-state index contributed by atoms with van der Waals surface area (Å²) in [6, 6.07) is 5.06. The number of carbonyl (C=O) groups excluding carboxylic acids is 1. The maximum atomic E-state index is 11.4. The highest BCUT2D eigenvalue weighted by Crippen LogP contribution is 2.23. The van der Waals surface area contributed by atoms with E-state index in [0.29, 0.717) is 18.2 Å². The van der Waals surface area contributed by atoms with Crippen molar-refractivity contribution in [1.29, 1.82) is 0 Å². The Morgan fingerprint density at radius 1 is 1.42 bits per heavy atom. The van der Waals surface area contributed by atoms with Gasteiger partial charge >= 0.3 is 0 Å². The summed E-state index contributed by atoms with van der Waals surface area (Å²) < 4.78 is 5.34. The third-order valence-corrected chi connectivity index (χ3v) is 3.75. The zero-order valence-corrected chi connectivity index (χ0v) is 11.6. The molecule has 0 amide bonds. The molecule has 4 nitrogen and oxygen atoms in total.